The van der Waals surface area contributed by atoms with Gasteiger partial charge in [-0.3, -0.25) is 9.78 Å². The molecule has 0 atom stereocenters. The summed E-state index contributed by atoms with van der Waals surface area (Å²) in [5, 5.41) is 6.14. The SMILES string of the molecule is COc1cccc(Nc2cncc(C(=O)NCCC(C)C)c2)c1. The van der Waals surface area contributed by atoms with E-state index in [0.717, 1.165) is 23.5 Å². The van der Waals surface area contributed by atoms with Crippen molar-refractivity contribution < 1.29 is 9.53 Å². The fourth-order valence-electron chi connectivity index (χ4n) is 2.08. The second-order valence-corrected chi connectivity index (χ2v) is 5.76. The molecule has 0 aliphatic rings. The Hall–Kier alpha value is -2.56. The van der Waals surface area contributed by atoms with Gasteiger partial charge in [0.05, 0.1) is 24.6 Å². The molecule has 1 amide bonds. The number of benzene rings is 1. The Morgan fingerprint density at radius 3 is 2.78 bits per heavy atom. The van der Waals surface area contributed by atoms with Crippen molar-refractivity contribution in [3.05, 3.63) is 48.3 Å². The highest BCUT2D eigenvalue weighted by Crippen LogP contribution is 2.21. The smallest absolute Gasteiger partial charge is 0.252 e. The number of nitrogens with zero attached hydrogens (tertiary/aromatic N) is 1. The molecule has 0 aliphatic heterocycles. The van der Waals surface area contributed by atoms with Crippen LogP contribution in [0.25, 0.3) is 0 Å². The molecule has 1 aromatic carbocycles. The topological polar surface area (TPSA) is 63.2 Å². The van der Waals surface area contributed by atoms with Gasteiger partial charge in [-0.1, -0.05) is 19.9 Å². The molecule has 0 aliphatic carbocycles. The minimum atomic E-state index is -0.104. The van der Waals surface area contributed by atoms with E-state index in [1.807, 2.05) is 24.3 Å². The van der Waals surface area contributed by atoms with E-state index in [2.05, 4.69) is 29.5 Å². The minimum absolute atomic E-state index is 0.104. The maximum absolute atomic E-state index is 12.1. The molecule has 0 fully saturated rings. The lowest BCUT2D eigenvalue weighted by molar-refractivity contribution is 0.0951. The highest BCUT2D eigenvalue weighted by Gasteiger charge is 2.07. The summed E-state index contributed by atoms with van der Waals surface area (Å²) in [5.74, 6) is 1.23. The van der Waals surface area contributed by atoms with Crippen LogP contribution in [0.1, 0.15) is 30.6 Å². The van der Waals surface area contributed by atoms with Gasteiger partial charge in [0.25, 0.3) is 5.91 Å². The van der Waals surface area contributed by atoms with Crippen LogP contribution in [0.2, 0.25) is 0 Å². The van der Waals surface area contributed by atoms with Gasteiger partial charge < -0.3 is 15.4 Å². The molecule has 0 spiro atoms. The molecule has 122 valence electrons. The third-order valence-corrected chi connectivity index (χ3v) is 3.37. The molecule has 2 N–H and O–H groups in total. The molecule has 2 aromatic rings. The van der Waals surface area contributed by atoms with Crippen LogP contribution < -0.4 is 15.4 Å². The number of carbonyl (C=O) groups excluding carboxylic acids is 1. The van der Waals surface area contributed by atoms with Crippen molar-refractivity contribution in [3.8, 4) is 5.75 Å². The Kier molecular flexibility index (Phi) is 5.97. The van der Waals surface area contributed by atoms with E-state index in [4.69, 9.17) is 4.74 Å². The first-order valence-corrected chi connectivity index (χ1v) is 7.73. The number of aromatic nitrogens is 1. The predicted molar refractivity (Wildman–Crippen MR) is 92.3 cm³/mol. The van der Waals surface area contributed by atoms with Gasteiger partial charge in [0, 0.05) is 24.5 Å². The average molecular weight is 313 g/mol. The maximum Gasteiger partial charge on any atom is 0.252 e. The quantitative estimate of drug-likeness (QED) is 0.819. The Morgan fingerprint density at radius 1 is 1.22 bits per heavy atom. The molecule has 0 bridgehead atoms. The summed E-state index contributed by atoms with van der Waals surface area (Å²) in [4.78, 5) is 16.3. The number of ether oxygens (including phenoxy) is 1. The van der Waals surface area contributed by atoms with Crippen molar-refractivity contribution in [1.82, 2.24) is 10.3 Å². The van der Waals surface area contributed by atoms with E-state index in [0.29, 0.717) is 18.0 Å². The summed E-state index contributed by atoms with van der Waals surface area (Å²) < 4.78 is 5.20. The third kappa shape index (κ3) is 5.29. The summed E-state index contributed by atoms with van der Waals surface area (Å²) in [6.07, 6.45) is 4.22. The molecule has 5 nitrogen and oxygen atoms in total. The number of hydrogen-bond acceptors (Lipinski definition) is 4. The number of amides is 1. The second-order valence-electron chi connectivity index (χ2n) is 5.76. The van der Waals surface area contributed by atoms with E-state index in [1.165, 1.54) is 0 Å². The third-order valence-electron chi connectivity index (χ3n) is 3.37. The first kappa shape index (κ1) is 16.8. The zero-order valence-electron chi connectivity index (χ0n) is 13.8. The van der Waals surface area contributed by atoms with Crippen LogP contribution in [-0.4, -0.2) is 24.5 Å². The van der Waals surface area contributed by atoms with Gasteiger partial charge in [-0.15, -0.1) is 0 Å². The molecular weight excluding hydrogens is 290 g/mol. The lowest BCUT2D eigenvalue weighted by Crippen LogP contribution is -2.25. The number of carbonyl (C=O) groups is 1. The van der Waals surface area contributed by atoms with Gasteiger partial charge in [0.1, 0.15) is 5.75 Å². The van der Waals surface area contributed by atoms with Crippen LogP contribution in [0.5, 0.6) is 5.75 Å². The van der Waals surface area contributed by atoms with Crippen LogP contribution in [0.3, 0.4) is 0 Å². The standard InChI is InChI=1S/C18H23N3O2/c1-13(2)7-8-20-18(22)14-9-16(12-19-11-14)21-15-5-4-6-17(10-15)23-3/h4-6,9-13,21H,7-8H2,1-3H3,(H,20,22). The molecule has 0 saturated carbocycles. The lowest BCUT2D eigenvalue weighted by Gasteiger charge is -2.10. The molecule has 1 aromatic heterocycles. The maximum atomic E-state index is 12.1. The number of anilines is 2. The molecule has 0 saturated heterocycles. The number of nitrogens with one attached hydrogen (secondary N) is 2. The lowest BCUT2D eigenvalue weighted by atomic mass is 10.1. The molecule has 1 heterocycles. The highest BCUT2D eigenvalue weighted by molar-refractivity contribution is 5.94. The molecule has 5 heteroatoms. The van der Waals surface area contributed by atoms with Crippen LogP contribution in [-0.2, 0) is 0 Å². The largest absolute Gasteiger partial charge is 0.497 e. The van der Waals surface area contributed by atoms with E-state index in [-0.39, 0.29) is 5.91 Å². The molecule has 0 unspecified atom stereocenters. The summed E-state index contributed by atoms with van der Waals surface area (Å²) in [6, 6.07) is 9.38. The van der Waals surface area contributed by atoms with Crippen LogP contribution in [0.4, 0.5) is 11.4 Å². The Morgan fingerprint density at radius 2 is 2.04 bits per heavy atom. The fraction of sp³-hybridized carbons (Fsp3) is 0.333. The molecular formula is C18H23N3O2. The van der Waals surface area contributed by atoms with E-state index in [1.54, 1.807) is 25.6 Å². The first-order chi connectivity index (χ1) is 11.1. The summed E-state index contributed by atoms with van der Waals surface area (Å²) >= 11 is 0. The zero-order chi connectivity index (χ0) is 16.7. The second kappa shape index (κ2) is 8.17. The van der Waals surface area contributed by atoms with E-state index < -0.39 is 0 Å². The van der Waals surface area contributed by atoms with Crippen molar-refractivity contribution >= 4 is 17.3 Å². The Balaban J connectivity index is 2.02. The van der Waals surface area contributed by atoms with Crippen molar-refractivity contribution in [2.45, 2.75) is 20.3 Å². The van der Waals surface area contributed by atoms with Gasteiger partial charge in [0.15, 0.2) is 0 Å². The number of pyridine rings is 1. The summed E-state index contributed by atoms with van der Waals surface area (Å²) in [5.41, 5.74) is 2.18. The van der Waals surface area contributed by atoms with Crippen LogP contribution >= 0.6 is 0 Å². The minimum Gasteiger partial charge on any atom is -0.497 e. The predicted octanol–water partition coefficient (Wildman–Crippen LogP) is 3.61. The molecule has 23 heavy (non-hydrogen) atoms. The van der Waals surface area contributed by atoms with Gasteiger partial charge in [0.2, 0.25) is 0 Å². The van der Waals surface area contributed by atoms with Gasteiger partial charge in [-0.05, 0) is 30.5 Å². The van der Waals surface area contributed by atoms with Crippen LogP contribution in [0, 0.1) is 5.92 Å². The van der Waals surface area contributed by atoms with Crippen molar-refractivity contribution in [2.24, 2.45) is 5.92 Å². The van der Waals surface area contributed by atoms with E-state index in [9.17, 15) is 4.79 Å². The first-order valence-electron chi connectivity index (χ1n) is 7.73. The Bertz CT molecular complexity index is 656. The van der Waals surface area contributed by atoms with Crippen molar-refractivity contribution in [2.75, 3.05) is 19.0 Å². The monoisotopic (exact) mass is 313 g/mol. The zero-order valence-corrected chi connectivity index (χ0v) is 13.8. The summed E-state index contributed by atoms with van der Waals surface area (Å²) in [7, 11) is 1.63. The number of methoxy groups -OCH3 is 1. The van der Waals surface area contributed by atoms with Gasteiger partial charge in [-0.2, -0.15) is 0 Å². The number of hydrogen-bond donors (Lipinski definition) is 2. The van der Waals surface area contributed by atoms with Gasteiger partial charge >= 0.3 is 0 Å². The van der Waals surface area contributed by atoms with Crippen molar-refractivity contribution in [1.29, 1.82) is 0 Å². The highest BCUT2D eigenvalue weighted by atomic mass is 16.5. The van der Waals surface area contributed by atoms with Crippen molar-refractivity contribution in [3.63, 3.8) is 0 Å². The molecule has 0 radical (unpaired) electrons. The van der Waals surface area contributed by atoms with E-state index >= 15 is 0 Å². The van der Waals surface area contributed by atoms with Crippen LogP contribution in [0.15, 0.2) is 42.7 Å². The summed E-state index contributed by atoms with van der Waals surface area (Å²) in [6.45, 7) is 4.93. The molecule has 2 rings (SSSR count). The number of rotatable bonds is 7. The average Bonchev–Trinajstić information content (AvgIpc) is 2.55. The fourth-order valence-corrected chi connectivity index (χ4v) is 2.08. The van der Waals surface area contributed by atoms with Gasteiger partial charge in [-0.25, -0.2) is 0 Å². The normalized spacial score (nSPS) is 10.4. The Labute approximate surface area is 137 Å².